The Balaban J connectivity index is 1.46. The van der Waals surface area contributed by atoms with E-state index in [-0.39, 0.29) is 11.0 Å². The van der Waals surface area contributed by atoms with Crippen LogP contribution in [0.4, 0.5) is 0 Å². The number of nitrogens with zero attached hydrogens (tertiary/aromatic N) is 5. The first-order valence-corrected chi connectivity index (χ1v) is 15.9. The van der Waals surface area contributed by atoms with Crippen molar-refractivity contribution >= 4 is 81.4 Å². The fourth-order valence-electron chi connectivity index (χ4n) is 8.27. The van der Waals surface area contributed by atoms with Crippen LogP contribution in [0.2, 0.25) is 0 Å². The molecule has 0 saturated heterocycles. The molecule has 0 saturated carbocycles. The van der Waals surface area contributed by atoms with Crippen molar-refractivity contribution in [3.05, 3.63) is 114 Å². The van der Waals surface area contributed by atoms with Crippen LogP contribution in [0.3, 0.4) is 0 Å². The molecule has 6 nitrogen and oxygen atoms in total. The van der Waals surface area contributed by atoms with Gasteiger partial charge in [-0.25, -0.2) is 14.4 Å². The lowest BCUT2D eigenvalue weighted by Gasteiger charge is -2.17. The monoisotopic (exact) mass is 603 g/mol. The topological polar surface area (TPSA) is 73.0 Å². The number of hydrogen-bond donors (Lipinski definition) is 0. The largest absolute Gasteiger partial charge is 0.268 e. The van der Waals surface area contributed by atoms with Crippen molar-refractivity contribution in [3.63, 3.8) is 0 Å². The lowest BCUT2D eigenvalue weighted by molar-refractivity contribution is 0.571. The van der Waals surface area contributed by atoms with Crippen LogP contribution in [-0.4, -0.2) is 24.3 Å². The normalized spacial score (nSPS) is 13.1. The number of imidazole rings is 1. The summed E-state index contributed by atoms with van der Waals surface area (Å²) in [6.45, 7) is 6.42. The summed E-state index contributed by atoms with van der Waals surface area (Å²) in [5, 5.41) is 13.2. The fourth-order valence-corrected chi connectivity index (χ4v) is 8.27. The lowest BCUT2D eigenvalue weighted by Crippen LogP contribution is -2.14. The van der Waals surface area contributed by atoms with Gasteiger partial charge in [-0.05, 0) is 125 Å². The van der Waals surface area contributed by atoms with Gasteiger partial charge in [0.25, 0.3) is 5.56 Å². The molecule has 0 aliphatic heterocycles. The molecule has 0 unspecified atom stereocenters. The summed E-state index contributed by atoms with van der Waals surface area (Å²) in [5.74, 6) is 0. The summed E-state index contributed by atoms with van der Waals surface area (Å²) < 4.78 is 1.76. The third kappa shape index (κ3) is 2.99. The van der Waals surface area contributed by atoms with Gasteiger partial charge in [0.1, 0.15) is 5.52 Å². The maximum atomic E-state index is 14.9. The molecular formula is C41H25N5O. The first-order chi connectivity index (χ1) is 22.9. The van der Waals surface area contributed by atoms with E-state index < -0.39 is 0 Å². The first kappa shape index (κ1) is 25.2. The Bertz CT molecular complexity index is 3100. The predicted molar refractivity (Wildman–Crippen MR) is 192 cm³/mol. The van der Waals surface area contributed by atoms with Gasteiger partial charge in [0.2, 0.25) is 0 Å². The molecule has 5 aromatic heterocycles. The van der Waals surface area contributed by atoms with E-state index >= 15 is 0 Å². The SMILES string of the molecule is CC(C)(C)c1ccc2nc3c4c5cc(-c6ccncc6)c6ccc7ccc8c(-c9ccncc9)cc(c4c(=O)n3c2n1)c1c8c7c6c51. The third-order valence-electron chi connectivity index (χ3n) is 10.3. The van der Waals surface area contributed by atoms with Gasteiger partial charge < -0.3 is 0 Å². The molecule has 6 heteroatoms. The molecule has 11 aromatic rings. The Morgan fingerprint density at radius 2 is 1.09 bits per heavy atom. The van der Waals surface area contributed by atoms with Crippen molar-refractivity contribution in [2.45, 2.75) is 26.2 Å². The second-order valence-electron chi connectivity index (χ2n) is 13.9. The number of rotatable bonds is 2. The van der Waals surface area contributed by atoms with Crippen molar-refractivity contribution in [2.75, 3.05) is 0 Å². The number of hydrogen-bond acceptors (Lipinski definition) is 5. The second-order valence-corrected chi connectivity index (χ2v) is 13.9. The molecule has 0 N–H and O–H groups in total. The van der Waals surface area contributed by atoms with Crippen LogP contribution in [-0.2, 0) is 5.41 Å². The van der Waals surface area contributed by atoms with Crippen molar-refractivity contribution in [1.29, 1.82) is 0 Å². The summed E-state index contributed by atoms with van der Waals surface area (Å²) in [7, 11) is 0. The quantitative estimate of drug-likeness (QED) is 0.184. The minimum atomic E-state index is -0.174. The van der Waals surface area contributed by atoms with Gasteiger partial charge in [-0.1, -0.05) is 45.0 Å². The zero-order valence-electron chi connectivity index (χ0n) is 25.9. The highest BCUT2D eigenvalue weighted by Gasteiger charge is 2.30. The van der Waals surface area contributed by atoms with Crippen LogP contribution < -0.4 is 5.56 Å². The minimum Gasteiger partial charge on any atom is -0.268 e. The predicted octanol–water partition coefficient (Wildman–Crippen LogP) is 9.33. The van der Waals surface area contributed by atoms with E-state index in [9.17, 15) is 4.79 Å². The molecule has 11 rings (SSSR count). The Kier molecular flexibility index (Phi) is 4.41. The highest BCUT2D eigenvalue weighted by atomic mass is 16.1. The van der Waals surface area contributed by atoms with Crippen LogP contribution in [0.5, 0.6) is 0 Å². The third-order valence-corrected chi connectivity index (χ3v) is 10.3. The molecule has 0 atom stereocenters. The molecule has 5 heterocycles. The number of fused-ring (bicyclic) bond motifs is 7. The molecule has 0 aliphatic carbocycles. The Hall–Kier alpha value is -6.01. The molecular weight excluding hydrogens is 578 g/mol. The summed E-state index contributed by atoms with van der Waals surface area (Å²) >= 11 is 0. The molecule has 0 aliphatic rings. The maximum Gasteiger partial charge on any atom is 0.266 e. The van der Waals surface area contributed by atoms with E-state index in [0.717, 1.165) is 55.0 Å². The Morgan fingerprint density at radius 3 is 1.66 bits per heavy atom. The molecule has 0 radical (unpaired) electrons. The Labute approximate surface area is 267 Å². The van der Waals surface area contributed by atoms with Gasteiger partial charge in [0, 0.05) is 41.3 Å². The average Bonchev–Trinajstić information content (AvgIpc) is 3.74. The van der Waals surface area contributed by atoms with Crippen LogP contribution in [0.25, 0.3) is 104 Å². The highest BCUT2D eigenvalue weighted by molar-refractivity contribution is 6.50. The van der Waals surface area contributed by atoms with Gasteiger partial charge in [0.05, 0.1) is 5.39 Å². The zero-order chi connectivity index (χ0) is 31.3. The van der Waals surface area contributed by atoms with Gasteiger partial charge in [-0.3, -0.25) is 14.8 Å². The summed E-state index contributed by atoms with van der Waals surface area (Å²) in [6, 6.07) is 25.7. The second kappa shape index (κ2) is 8.22. The van der Waals surface area contributed by atoms with E-state index in [1.54, 1.807) is 4.40 Å². The number of aromatic nitrogens is 5. The zero-order valence-corrected chi connectivity index (χ0v) is 25.9. The summed E-state index contributed by atoms with van der Waals surface area (Å²) in [4.78, 5) is 33.7. The molecule has 0 spiro atoms. The lowest BCUT2D eigenvalue weighted by atomic mass is 9.89. The van der Waals surface area contributed by atoms with E-state index in [0.29, 0.717) is 16.7 Å². The molecule has 0 bridgehead atoms. The summed E-state index contributed by atoms with van der Waals surface area (Å²) in [6.07, 6.45) is 7.35. The molecule has 220 valence electrons. The first-order valence-electron chi connectivity index (χ1n) is 15.9. The van der Waals surface area contributed by atoms with Crippen LogP contribution >= 0.6 is 0 Å². The average molecular weight is 604 g/mol. The molecule has 47 heavy (non-hydrogen) atoms. The van der Waals surface area contributed by atoms with E-state index in [1.807, 2.05) is 36.9 Å². The smallest absolute Gasteiger partial charge is 0.266 e. The van der Waals surface area contributed by atoms with Crippen LogP contribution in [0, 0.1) is 0 Å². The standard InChI is InChI=1S/C41H25N5O/c1-41(2,3)30-9-8-29-38(45-30)46-39(44-29)36-27-18-25(20-10-14-42-15-11-20)23-6-4-22-5-7-24-26(21-12-16-43-17-13-21)19-28(37(36)40(46)47)35-33(24)31(22)32(23)34(27)35/h4-19H,1-3H3. The maximum absolute atomic E-state index is 14.9. The van der Waals surface area contributed by atoms with Gasteiger partial charge >= 0.3 is 0 Å². The number of pyridine rings is 3. The van der Waals surface area contributed by atoms with Gasteiger partial charge in [0.15, 0.2) is 11.3 Å². The van der Waals surface area contributed by atoms with Crippen molar-refractivity contribution in [2.24, 2.45) is 0 Å². The van der Waals surface area contributed by atoms with E-state index in [1.165, 1.54) is 37.7 Å². The van der Waals surface area contributed by atoms with E-state index in [2.05, 4.69) is 91.4 Å². The summed E-state index contributed by atoms with van der Waals surface area (Å²) in [5.41, 5.74) is 7.04. The highest BCUT2D eigenvalue weighted by Crippen LogP contribution is 2.54. The van der Waals surface area contributed by atoms with E-state index in [4.69, 9.17) is 9.97 Å². The number of benzene rings is 5. The molecule has 0 fully saturated rings. The van der Waals surface area contributed by atoms with Crippen molar-refractivity contribution in [1.82, 2.24) is 24.3 Å². The van der Waals surface area contributed by atoms with Crippen molar-refractivity contribution < 1.29 is 0 Å². The molecule has 0 amide bonds. The minimum absolute atomic E-state index is 0.0772. The van der Waals surface area contributed by atoms with Crippen LogP contribution in [0.1, 0.15) is 26.5 Å². The van der Waals surface area contributed by atoms with Gasteiger partial charge in [-0.2, -0.15) is 0 Å². The molecule has 6 aromatic carbocycles. The van der Waals surface area contributed by atoms with Crippen molar-refractivity contribution in [3.8, 4) is 22.3 Å². The fraction of sp³-hybridized carbons (Fsp3) is 0.0976. The Morgan fingerprint density at radius 1 is 0.532 bits per heavy atom. The van der Waals surface area contributed by atoms with Crippen LogP contribution in [0.15, 0.2) is 102 Å². The van der Waals surface area contributed by atoms with Gasteiger partial charge in [-0.15, -0.1) is 0 Å².